The maximum absolute atomic E-state index is 12.4. The molecule has 6 nitrogen and oxygen atoms in total. The molecule has 1 aliphatic carbocycles. The van der Waals surface area contributed by atoms with Gasteiger partial charge in [0.2, 0.25) is 5.91 Å². The molecule has 0 spiro atoms. The lowest BCUT2D eigenvalue weighted by Gasteiger charge is -2.55. The Balaban J connectivity index is 1.49. The average molecular weight is 346 g/mol. The average Bonchev–Trinajstić information content (AvgIpc) is 3.21. The quantitative estimate of drug-likeness (QED) is 0.901. The molecule has 2 saturated heterocycles. The smallest absolute Gasteiger partial charge is 0.223 e. The Labute approximate surface area is 149 Å². The van der Waals surface area contributed by atoms with Crippen LogP contribution in [0, 0.1) is 24.2 Å². The zero-order chi connectivity index (χ0) is 17.9. The standard InChI is InChI=1S/C19H30N4O2/c1-11-14(10-21-23(11)5)16-12(8-15(24)22(16)4)9-20-17-13-6-7-25-18(13)19(17,2)3/h10,12-13,16-18,20H,6-9H2,1-5H3/t12-,13-,16+,17+,18-/m0/s1. The molecule has 0 aromatic carbocycles. The molecule has 0 bridgehead atoms. The van der Waals surface area contributed by atoms with Gasteiger partial charge in [-0.3, -0.25) is 9.48 Å². The van der Waals surface area contributed by atoms with Crippen LogP contribution >= 0.6 is 0 Å². The van der Waals surface area contributed by atoms with Gasteiger partial charge >= 0.3 is 0 Å². The number of nitrogens with zero attached hydrogens (tertiary/aromatic N) is 3. The first-order valence-corrected chi connectivity index (χ1v) is 9.41. The highest BCUT2D eigenvalue weighted by Gasteiger charge is 2.59. The van der Waals surface area contributed by atoms with E-state index < -0.39 is 0 Å². The molecular weight excluding hydrogens is 316 g/mol. The van der Waals surface area contributed by atoms with E-state index >= 15 is 0 Å². The van der Waals surface area contributed by atoms with Gasteiger partial charge in [0, 0.05) is 68.2 Å². The molecule has 3 heterocycles. The second-order valence-electron chi connectivity index (χ2n) is 8.67. The van der Waals surface area contributed by atoms with Crippen molar-refractivity contribution in [3.05, 3.63) is 17.5 Å². The molecule has 3 aliphatic rings. The summed E-state index contributed by atoms with van der Waals surface area (Å²) in [6.07, 6.45) is 4.09. The summed E-state index contributed by atoms with van der Waals surface area (Å²) < 4.78 is 7.79. The van der Waals surface area contributed by atoms with E-state index in [4.69, 9.17) is 4.74 Å². The number of ether oxygens (including phenoxy) is 1. The van der Waals surface area contributed by atoms with E-state index in [2.05, 4.69) is 31.2 Å². The molecular formula is C19H30N4O2. The van der Waals surface area contributed by atoms with Gasteiger partial charge < -0.3 is 15.0 Å². The van der Waals surface area contributed by atoms with Crippen LogP contribution in [-0.2, 0) is 16.6 Å². The number of rotatable bonds is 4. The lowest BCUT2D eigenvalue weighted by Crippen LogP contribution is -2.66. The van der Waals surface area contributed by atoms with Crippen LogP contribution in [-0.4, -0.2) is 52.9 Å². The van der Waals surface area contributed by atoms with Crippen LogP contribution in [0.5, 0.6) is 0 Å². The zero-order valence-corrected chi connectivity index (χ0v) is 16.0. The molecule has 25 heavy (non-hydrogen) atoms. The van der Waals surface area contributed by atoms with Crippen LogP contribution in [0.2, 0.25) is 0 Å². The van der Waals surface area contributed by atoms with Crippen LogP contribution in [0.4, 0.5) is 0 Å². The number of nitrogens with one attached hydrogen (secondary N) is 1. The number of amides is 1. The molecule has 1 N–H and O–H groups in total. The fourth-order valence-corrected chi connectivity index (χ4v) is 5.42. The predicted octanol–water partition coefficient (Wildman–Crippen LogP) is 1.65. The molecule has 4 rings (SSSR count). The number of hydrogen-bond acceptors (Lipinski definition) is 4. The highest BCUT2D eigenvalue weighted by Crippen LogP contribution is 2.52. The van der Waals surface area contributed by atoms with Crippen molar-refractivity contribution in [3.8, 4) is 0 Å². The summed E-state index contributed by atoms with van der Waals surface area (Å²) in [6.45, 7) is 8.43. The fourth-order valence-electron chi connectivity index (χ4n) is 5.42. The topological polar surface area (TPSA) is 59.4 Å². The van der Waals surface area contributed by atoms with E-state index in [-0.39, 0.29) is 23.3 Å². The minimum absolute atomic E-state index is 0.118. The van der Waals surface area contributed by atoms with Crippen molar-refractivity contribution in [2.24, 2.45) is 24.3 Å². The molecule has 138 valence electrons. The SMILES string of the molecule is Cc1c([C@H]2[C@H](CN[C@@H]3[C@@H]4CCO[C@@H]4C3(C)C)CC(=O)N2C)cnn1C. The Morgan fingerprint density at radius 3 is 2.84 bits per heavy atom. The van der Waals surface area contributed by atoms with Crippen LogP contribution in [0.15, 0.2) is 6.20 Å². The Bertz CT molecular complexity index is 683. The van der Waals surface area contributed by atoms with Gasteiger partial charge in [-0.25, -0.2) is 0 Å². The molecule has 3 fully saturated rings. The first kappa shape index (κ1) is 17.0. The molecule has 1 amide bonds. The fraction of sp³-hybridized carbons (Fsp3) is 0.789. The van der Waals surface area contributed by atoms with Crippen molar-refractivity contribution < 1.29 is 9.53 Å². The minimum atomic E-state index is 0.118. The van der Waals surface area contributed by atoms with Crippen molar-refractivity contribution >= 4 is 5.91 Å². The summed E-state index contributed by atoms with van der Waals surface area (Å²) in [5, 5.41) is 8.19. The number of aryl methyl sites for hydroxylation is 1. The third-order valence-electron chi connectivity index (χ3n) is 6.99. The maximum atomic E-state index is 12.4. The van der Waals surface area contributed by atoms with Crippen molar-refractivity contribution in [1.82, 2.24) is 20.0 Å². The molecule has 1 saturated carbocycles. The second kappa shape index (κ2) is 5.81. The lowest BCUT2D eigenvalue weighted by molar-refractivity contribution is -0.127. The van der Waals surface area contributed by atoms with Crippen LogP contribution in [0.3, 0.4) is 0 Å². The number of likely N-dealkylation sites (tertiary alicyclic amines) is 1. The Kier molecular flexibility index (Phi) is 3.96. The largest absolute Gasteiger partial charge is 0.377 e. The van der Waals surface area contributed by atoms with Gasteiger partial charge in [0.1, 0.15) is 0 Å². The molecule has 6 heteroatoms. The summed E-state index contributed by atoms with van der Waals surface area (Å²) in [5.41, 5.74) is 2.50. The van der Waals surface area contributed by atoms with Crippen LogP contribution in [0.1, 0.15) is 44.0 Å². The molecule has 5 atom stereocenters. The van der Waals surface area contributed by atoms with Gasteiger partial charge in [0.15, 0.2) is 0 Å². The highest BCUT2D eigenvalue weighted by molar-refractivity contribution is 5.79. The number of fused-ring (bicyclic) bond motifs is 1. The predicted molar refractivity (Wildman–Crippen MR) is 95.0 cm³/mol. The number of aromatic nitrogens is 2. The van der Waals surface area contributed by atoms with Crippen molar-refractivity contribution in [2.45, 2.75) is 51.8 Å². The van der Waals surface area contributed by atoms with Crippen LogP contribution in [0.25, 0.3) is 0 Å². The van der Waals surface area contributed by atoms with Crippen molar-refractivity contribution in [2.75, 3.05) is 20.2 Å². The van der Waals surface area contributed by atoms with Crippen LogP contribution < -0.4 is 5.32 Å². The Morgan fingerprint density at radius 1 is 1.40 bits per heavy atom. The van der Waals surface area contributed by atoms with E-state index in [0.717, 1.165) is 25.3 Å². The molecule has 2 aliphatic heterocycles. The van der Waals surface area contributed by atoms with Gasteiger partial charge in [-0.15, -0.1) is 0 Å². The summed E-state index contributed by atoms with van der Waals surface area (Å²) in [4.78, 5) is 14.3. The second-order valence-corrected chi connectivity index (χ2v) is 8.67. The summed E-state index contributed by atoms with van der Waals surface area (Å²) in [6, 6.07) is 0.601. The van der Waals surface area contributed by atoms with Crippen molar-refractivity contribution in [3.63, 3.8) is 0 Å². The van der Waals surface area contributed by atoms with Gasteiger partial charge in [-0.05, 0) is 13.3 Å². The third-order valence-corrected chi connectivity index (χ3v) is 6.99. The highest BCUT2D eigenvalue weighted by atomic mass is 16.5. The third kappa shape index (κ3) is 2.45. The summed E-state index contributed by atoms with van der Waals surface area (Å²) in [5.74, 6) is 1.15. The minimum Gasteiger partial charge on any atom is -0.377 e. The van der Waals surface area contributed by atoms with E-state index in [1.807, 2.05) is 29.9 Å². The molecule has 0 unspecified atom stereocenters. The van der Waals surface area contributed by atoms with E-state index in [1.165, 1.54) is 5.56 Å². The first-order chi connectivity index (χ1) is 11.8. The van der Waals surface area contributed by atoms with Crippen molar-refractivity contribution in [1.29, 1.82) is 0 Å². The number of hydrogen-bond donors (Lipinski definition) is 1. The summed E-state index contributed by atoms with van der Waals surface area (Å²) >= 11 is 0. The first-order valence-electron chi connectivity index (χ1n) is 9.41. The number of carbonyl (C=O) groups is 1. The summed E-state index contributed by atoms with van der Waals surface area (Å²) in [7, 11) is 3.88. The molecule has 1 aromatic rings. The Morgan fingerprint density at radius 2 is 2.16 bits per heavy atom. The monoisotopic (exact) mass is 346 g/mol. The van der Waals surface area contributed by atoms with Gasteiger partial charge in [0.25, 0.3) is 0 Å². The number of carbonyl (C=O) groups excluding carboxylic acids is 1. The molecule has 0 radical (unpaired) electrons. The lowest BCUT2D eigenvalue weighted by atomic mass is 9.57. The van der Waals surface area contributed by atoms with Gasteiger partial charge in [-0.1, -0.05) is 13.8 Å². The molecule has 1 aromatic heterocycles. The maximum Gasteiger partial charge on any atom is 0.223 e. The van der Waals surface area contributed by atoms with E-state index in [1.54, 1.807) is 0 Å². The van der Waals surface area contributed by atoms with E-state index in [0.29, 0.717) is 24.5 Å². The normalized spacial score (nSPS) is 36.6. The van der Waals surface area contributed by atoms with E-state index in [9.17, 15) is 4.79 Å². The Hall–Kier alpha value is -1.40. The van der Waals surface area contributed by atoms with Gasteiger partial charge in [-0.2, -0.15) is 5.10 Å². The zero-order valence-electron chi connectivity index (χ0n) is 16.0. The van der Waals surface area contributed by atoms with Gasteiger partial charge in [0.05, 0.1) is 18.3 Å².